The van der Waals surface area contributed by atoms with Crippen LogP contribution < -0.4 is 0 Å². The van der Waals surface area contributed by atoms with Crippen molar-refractivity contribution in [2.24, 2.45) is 0 Å². The summed E-state index contributed by atoms with van der Waals surface area (Å²) in [6.45, 7) is 2.45. The third-order valence-corrected chi connectivity index (χ3v) is 6.63. The van der Waals surface area contributed by atoms with Crippen molar-refractivity contribution in [2.45, 2.75) is 24.9 Å². The number of hydrogen-bond acceptors (Lipinski definition) is 4. The topological polar surface area (TPSA) is 73.7 Å². The number of rotatable bonds is 4. The molecule has 6 nitrogen and oxygen atoms in total. The van der Waals surface area contributed by atoms with Gasteiger partial charge in [-0.3, -0.25) is 14.6 Å². The lowest BCUT2D eigenvalue weighted by Crippen LogP contribution is -2.73. The molecule has 2 amide bonds. The molecule has 2 aliphatic rings. The number of piperazine rings is 1. The normalized spacial score (nSPS) is 22.3. The predicted octanol–water partition coefficient (Wildman–Crippen LogP) is 2.87. The highest BCUT2D eigenvalue weighted by Crippen LogP contribution is 2.43. The van der Waals surface area contributed by atoms with Gasteiger partial charge in [-0.2, -0.15) is 0 Å². The largest absolute Gasteiger partial charge is 0.394 e. The summed E-state index contributed by atoms with van der Waals surface area (Å²) in [5.74, 6) is -0.322. The van der Waals surface area contributed by atoms with Gasteiger partial charge in [-0.25, -0.2) is 0 Å². The van der Waals surface area contributed by atoms with Crippen molar-refractivity contribution in [1.82, 2.24) is 14.8 Å². The molecular weight excluding hydrogens is 402 g/mol. The van der Waals surface area contributed by atoms with Crippen LogP contribution in [-0.4, -0.2) is 63.5 Å². The van der Waals surface area contributed by atoms with Crippen molar-refractivity contribution < 1.29 is 14.7 Å². The molecule has 3 atom stereocenters. The van der Waals surface area contributed by atoms with Crippen molar-refractivity contribution in [3.05, 3.63) is 89.7 Å². The highest BCUT2D eigenvalue weighted by molar-refractivity contribution is 5.97. The van der Waals surface area contributed by atoms with E-state index in [1.807, 2.05) is 0 Å². The fourth-order valence-corrected chi connectivity index (χ4v) is 4.97. The lowest BCUT2D eigenvalue weighted by atomic mass is 9.73. The SMILES string of the molecule is Cc1ccc(-c2ccc([C@@H]3[C@@H](CO)N4C(=O)CN(C(=O)c5cccnc5)C[C@H]34)cc2)cc1. The number of amides is 2. The highest BCUT2D eigenvalue weighted by Gasteiger charge is 2.54. The first-order valence-electron chi connectivity index (χ1n) is 10.8. The lowest BCUT2D eigenvalue weighted by molar-refractivity contribution is -0.159. The van der Waals surface area contributed by atoms with Gasteiger partial charge in [0.2, 0.25) is 5.91 Å². The molecule has 0 spiro atoms. The van der Waals surface area contributed by atoms with Crippen LogP contribution in [0.5, 0.6) is 0 Å². The van der Waals surface area contributed by atoms with Gasteiger partial charge < -0.3 is 14.9 Å². The van der Waals surface area contributed by atoms with Crippen LogP contribution in [-0.2, 0) is 4.79 Å². The molecule has 0 aliphatic carbocycles. The van der Waals surface area contributed by atoms with Gasteiger partial charge in [0, 0.05) is 24.9 Å². The highest BCUT2D eigenvalue weighted by atomic mass is 16.3. The Hall–Kier alpha value is -3.51. The molecule has 1 N–H and O–H groups in total. The van der Waals surface area contributed by atoms with E-state index >= 15 is 0 Å². The molecule has 2 saturated heterocycles. The second-order valence-electron chi connectivity index (χ2n) is 8.56. The van der Waals surface area contributed by atoms with E-state index in [-0.39, 0.29) is 43.0 Å². The maximum Gasteiger partial charge on any atom is 0.255 e. The van der Waals surface area contributed by atoms with Crippen molar-refractivity contribution in [1.29, 1.82) is 0 Å². The zero-order valence-electron chi connectivity index (χ0n) is 17.9. The standard InChI is InChI=1S/C26H25N3O3/c1-17-4-6-18(7-5-17)19-8-10-20(11-9-19)25-22-14-28(15-24(31)29(22)23(25)16-30)26(32)21-3-2-12-27-13-21/h2-13,22-23,25,30H,14-16H2,1H3/t22-,23-,25+/m1/s1. The van der Waals surface area contributed by atoms with Crippen LogP contribution in [0.15, 0.2) is 73.1 Å². The lowest BCUT2D eigenvalue weighted by Gasteiger charge is -2.58. The monoisotopic (exact) mass is 427 g/mol. The van der Waals surface area contributed by atoms with E-state index in [1.165, 1.54) is 11.8 Å². The van der Waals surface area contributed by atoms with Crippen molar-refractivity contribution in [3.8, 4) is 11.1 Å². The van der Waals surface area contributed by atoms with Gasteiger partial charge in [-0.15, -0.1) is 0 Å². The Morgan fingerprint density at radius 2 is 1.75 bits per heavy atom. The van der Waals surface area contributed by atoms with E-state index in [1.54, 1.807) is 28.1 Å². The molecule has 1 aromatic heterocycles. The minimum absolute atomic E-state index is 0.0134. The summed E-state index contributed by atoms with van der Waals surface area (Å²) in [6, 6.07) is 19.7. The van der Waals surface area contributed by atoms with Crippen LogP contribution in [0.4, 0.5) is 0 Å². The van der Waals surface area contributed by atoms with Gasteiger partial charge in [0.1, 0.15) is 6.54 Å². The minimum atomic E-state index is -0.256. The average molecular weight is 428 g/mol. The summed E-state index contributed by atoms with van der Waals surface area (Å²) < 4.78 is 0. The molecule has 3 aromatic rings. The average Bonchev–Trinajstić information content (AvgIpc) is 2.81. The van der Waals surface area contributed by atoms with Crippen LogP contribution >= 0.6 is 0 Å². The van der Waals surface area contributed by atoms with Gasteiger partial charge in [0.15, 0.2) is 0 Å². The number of nitrogens with zero attached hydrogens (tertiary/aromatic N) is 3. The molecule has 6 heteroatoms. The number of carbonyl (C=O) groups excluding carboxylic acids is 2. The summed E-state index contributed by atoms with van der Waals surface area (Å²) >= 11 is 0. The van der Waals surface area contributed by atoms with E-state index < -0.39 is 0 Å². The van der Waals surface area contributed by atoms with Gasteiger partial charge in [-0.1, -0.05) is 54.1 Å². The maximum absolute atomic E-state index is 12.9. The molecule has 32 heavy (non-hydrogen) atoms. The number of hydrogen-bond donors (Lipinski definition) is 1. The Morgan fingerprint density at radius 1 is 1.06 bits per heavy atom. The van der Waals surface area contributed by atoms with Gasteiger partial charge in [-0.05, 0) is 35.7 Å². The Balaban J connectivity index is 1.38. The molecule has 0 unspecified atom stereocenters. The number of benzene rings is 2. The first-order valence-corrected chi connectivity index (χ1v) is 10.8. The minimum Gasteiger partial charge on any atom is -0.394 e. The van der Waals surface area contributed by atoms with E-state index in [9.17, 15) is 14.7 Å². The van der Waals surface area contributed by atoms with Crippen LogP contribution in [0.25, 0.3) is 11.1 Å². The third kappa shape index (κ3) is 3.46. The van der Waals surface area contributed by atoms with Crippen LogP contribution in [0.3, 0.4) is 0 Å². The molecule has 5 rings (SSSR count). The van der Waals surface area contributed by atoms with Crippen LogP contribution in [0.2, 0.25) is 0 Å². The predicted molar refractivity (Wildman–Crippen MR) is 121 cm³/mol. The molecule has 2 fully saturated rings. The fourth-order valence-electron chi connectivity index (χ4n) is 4.97. The first-order chi connectivity index (χ1) is 15.6. The first kappa shape index (κ1) is 20.4. The Kier molecular flexibility index (Phi) is 5.23. The van der Waals surface area contributed by atoms with Gasteiger partial charge in [0.25, 0.3) is 5.91 Å². The van der Waals surface area contributed by atoms with Crippen molar-refractivity contribution >= 4 is 11.8 Å². The van der Waals surface area contributed by atoms with Crippen LogP contribution in [0, 0.1) is 6.92 Å². The summed E-state index contributed by atoms with van der Waals surface area (Å²) in [5.41, 5.74) is 5.05. The van der Waals surface area contributed by atoms with E-state index in [4.69, 9.17) is 0 Å². The molecule has 2 aromatic carbocycles. The summed E-state index contributed by atoms with van der Waals surface area (Å²) in [4.78, 5) is 33.1. The van der Waals surface area contributed by atoms with Gasteiger partial charge in [0.05, 0.1) is 24.3 Å². The van der Waals surface area contributed by atoms with E-state index in [0.717, 1.165) is 16.7 Å². The zero-order chi connectivity index (χ0) is 22.2. The summed E-state index contributed by atoms with van der Waals surface area (Å²) in [6.07, 6.45) is 3.14. The van der Waals surface area contributed by atoms with E-state index in [0.29, 0.717) is 12.1 Å². The Labute approximate surface area is 187 Å². The van der Waals surface area contributed by atoms with Gasteiger partial charge >= 0.3 is 0 Å². The molecule has 3 heterocycles. The molecule has 0 saturated carbocycles. The Bertz CT molecular complexity index is 1130. The molecule has 0 bridgehead atoms. The molecule has 2 aliphatic heterocycles. The third-order valence-electron chi connectivity index (χ3n) is 6.63. The smallest absolute Gasteiger partial charge is 0.255 e. The Morgan fingerprint density at radius 3 is 2.38 bits per heavy atom. The molecular formula is C26H25N3O3. The number of aryl methyl sites for hydroxylation is 1. The number of carbonyl (C=O) groups is 2. The quantitative estimate of drug-likeness (QED) is 0.695. The van der Waals surface area contributed by atoms with E-state index in [2.05, 4.69) is 60.4 Å². The van der Waals surface area contributed by atoms with Crippen molar-refractivity contribution in [2.75, 3.05) is 19.7 Å². The fraction of sp³-hybridized carbons (Fsp3) is 0.269. The number of aromatic nitrogens is 1. The summed E-state index contributed by atoms with van der Waals surface area (Å²) in [5, 5.41) is 10.0. The number of aliphatic hydroxyl groups excluding tert-OH is 1. The maximum atomic E-state index is 12.9. The second-order valence-corrected chi connectivity index (χ2v) is 8.56. The summed E-state index contributed by atoms with van der Waals surface area (Å²) in [7, 11) is 0. The molecule has 0 radical (unpaired) electrons. The number of aliphatic hydroxyl groups is 1. The van der Waals surface area contributed by atoms with Crippen LogP contribution in [0.1, 0.15) is 27.4 Å². The molecule has 162 valence electrons. The van der Waals surface area contributed by atoms with Crippen molar-refractivity contribution in [3.63, 3.8) is 0 Å². The zero-order valence-corrected chi connectivity index (χ0v) is 17.9. The number of pyridine rings is 1. The number of fused-ring (bicyclic) bond motifs is 1. The second kappa shape index (κ2) is 8.20.